The van der Waals surface area contributed by atoms with E-state index in [-0.39, 0.29) is 6.04 Å². The maximum atomic E-state index is 9.89. The zero-order valence-corrected chi connectivity index (χ0v) is 6.84. The fraction of sp³-hybridized carbons (Fsp3) is 0.857. The molecule has 0 rings (SSSR count). The first kappa shape index (κ1) is 12.3. The van der Waals surface area contributed by atoms with E-state index >= 15 is 0 Å². The Morgan fingerprint density at radius 3 is 2.30 bits per heavy atom. The molecule has 0 aliphatic rings. The quantitative estimate of drug-likeness (QED) is 0.560. The van der Waals surface area contributed by atoms with Gasteiger partial charge in [0, 0.05) is 0 Å². The third-order valence-electron chi connectivity index (χ3n) is 1.07. The van der Waals surface area contributed by atoms with Gasteiger partial charge in [0.05, 0.1) is 6.04 Å². The van der Waals surface area contributed by atoms with Gasteiger partial charge in [-0.25, -0.2) is 0 Å². The van der Waals surface area contributed by atoms with Gasteiger partial charge in [-0.1, -0.05) is 19.8 Å². The van der Waals surface area contributed by atoms with E-state index in [1.807, 2.05) is 0 Å². The van der Waals surface area contributed by atoms with E-state index in [0.29, 0.717) is 0 Å². The van der Waals surface area contributed by atoms with Crippen LogP contribution in [0.3, 0.4) is 0 Å². The molecule has 3 heteroatoms. The van der Waals surface area contributed by atoms with Gasteiger partial charge in [-0.2, -0.15) is 0 Å². The highest BCUT2D eigenvalue weighted by Crippen LogP contribution is 1.94. The van der Waals surface area contributed by atoms with Crippen LogP contribution in [0, 0.1) is 0 Å². The van der Waals surface area contributed by atoms with Crippen molar-refractivity contribution < 1.29 is 4.79 Å². The summed E-state index contributed by atoms with van der Waals surface area (Å²) in [6.07, 6.45) is 3.80. The molecule has 3 nitrogen and oxygen atoms in total. The molecule has 10 heavy (non-hydrogen) atoms. The number of unbranched alkanes of at least 4 members (excludes halogenated alkanes) is 1. The first-order valence-electron chi connectivity index (χ1n) is 3.60. The van der Waals surface area contributed by atoms with E-state index in [9.17, 15) is 4.79 Å². The van der Waals surface area contributed by atoms with Crippen molar-refractivity contribution in [2.75, 3.05) is 7.05 Å². The Kier molecular flexibility index (Phi) is 14.0. The standard InChI is InChI=1S/C6H13NO.CH5N/c1-2-3-4-6(7)5-8;1-2/h5-6H,2-4,7H2,1H3;2H2,1H3. The van der Waals surface area contributed by atoms with Crippen LogP contribution in [-0.4, -0.2) is 19.4 Å². The van der Waals surface area contributed by atoms with Gasteiger partial charge in [-0.3, -0.25) is 0 Å². The summed E-state index contributed by atoms with van der Waals surface area (Å²) in [5, 5.41) is 0. The molecule has 0 aliphatic heterocycles. The van der Waals surface area contributed by atoms with Crippen molar-refractivity contribution in [1.29, 1.82) is 0 Å². The van der Waals surface area contributed by atoms with Crippen molar-refractivity contribution in [2.45, 2.75) is 32.2 Å². The first-order valence-corrected chi connectivity index (χ1v) is 3.60. The molecule has 0 spiro atoms. The molecule has 0 saturated heterocycles. The molecular weight excluding hydrogens is 128 g/mol. The fourth-order valence-corrected chi connectivity index (χ4v) is 0.508. The maximum Gasteiger partial charge on any atom is 0.136 e. The van der Waals surface area contributed by atoms with Gasteiger partial charge in [0.25, 0.3) is 0 Å². The van der Waals surface area contributed by atoms with E-state index in [2.05, 4.69) is 12.7 Å². The van der Waals surface area contributed by atoms with Crippen molar-refractivity contribution >= 4 is 6.29 Å². The largest absolute Gasteiger partial charge is 0.333 e. The third kappa shape index (κ3) is 10.5. The predicted octanol–water partition coefficient (Wildman–Crippen LogP) is 0.278. The van der Waals surface area contributed by atoms with E-state index < -0.39 is 0 Å². The Hall–Kier alpha value is -0.410. The van der Waals surface area contributed by atoms with Gasteiger partial charge in [-0.05, 0) is 13.5 Å². The Balaban J connectivity index is 0. The van der Waals surface area contributed by atoms with Crippen molar-refractivity contribution in [3.63, 3.8) is 0 Å². The zero-order chi connectivity index (χ0) is 8.41. The van der Waals surface area contributed by atoms with Crippen LogP contribution in [0.4, 0.5) is 0 Å². The number of rotatable bonds is 4. The lowest BCUT2D eigenvalue weighted by Crippen LogP contribution is -2.20. The SMILES string of the molecule is CCCCC(N)C=O.CN. The molecule has 0 aliphatic carbocycles. The van der Waals surface area contributed by atoms with Gasteiger partial charge in [0.2, 0.25) is 0 Å². The molecule has 0 aromatic rings. The van der Waals surface area contributed by atoms with E-state index in [1.165, 1.54) is 7.05 Å². The molecule has 0 aromatic carbocycles. The molecule has 0 heterocycles. The molecule has 0 radical (unpaired) electrons. The van der Waals surface area contributed by atoms with Gasteiger partial charge in [0.1, 0.15) is 6.29 Å². The highest BCUT2D eigenvalue weighted by Gasteiger charge is 1.95. The molecule has 62 valence electrons. The minimum atomic E-state index is -0.227. The number of carbonyl (C=O) groups is 1. The normalized spacial score (nSPS) is 11.2. The van der Waals surface area contributed by atoms with Crippen LogP contribution in [0.2, 0.25) is 0 Å². The minimum absolute atomic E-state index is 0.227. The molecule has 1 atom stereocenters. The summed E-state index contributed by atoms with van der Waals surface area (Å²) in [6.45, 7) is 2.08. The number of hydrogen-bond acceptors (Lipinski definition) is 3. The molecule has 0 fully saturated rings. The summed E-state index contributed by atoms with van der Waals surface area (Å²) < 4.78 is 0. The third-order valence-corrected chi connectivity index (χ3v) is 1.07. The topological polar surface area (TPSA) is 69.1 Å². The number of aldehydes is 1. The Morgan fingerprint density at radius 1 is 1.50 bits per heavy atom. The average molecular weight is 146 g/mol. The second kappa shape index (κ2) is 11.4. The van der Waals surface area contributed by atoms with Crippen LogP contribution in [0.5, 0.6) is 0 Å². The van der Waals surface area contributed by atoms with Crippen LogP contribution in [0.25, 0.3) is 0 Å². The summed E-state index contributed by atoms with van der Waals surface area (Å²) in [5.74, 6) is 0. The highest BCUT2D eigenvalue weighted by atomic mass is 16.1. The summed E-state index contributed by atoms with van der Waals surface area (Å²) in [7, 11) is 1.50. The Bertz CT molecular complexity index is 66.6. The second-order valence-electron chi connectivity index (χ2n) is 1.94. The molecule has 0 bridgehead atoms. The monoisotopic (exact) mass is 146 g/mol. The van der Waals surface area contributed by atoms with Crippen LogP contribution in [0.1, 0.15) is 26.2 Å². The van der Waals surface area contributed by atoms with Crippen LogP contribution < -0.4 is 11.5 Å². The molecule has 0 amide bonds. The van der Waals surface area contributed by atoms with Crippen LogP contribution in [0.15, 0.2) is 0 Å². The van der Waals surface area contributed by atoms with Crippen molar-refractivity contribution in [3.8, 4) is 0 Å². The molecular formula is C7H18N2O. The first-order chi connectivity index (χ1) is 4.81. The van der Waals surface area contributed by atoms with Crippen LogP contribution >= 0.6 is 0 Å². The molecule has 1 unspecified atom stereocenters. The summed E-state index contributed by atoms with van der Waals surface area (Å²) in [5.41, 5.74) is 9.79. The fourth-order valence-electron chi connectivity index (χ4n) is 0.508. The van der Waals surface area contributed by atoms with Gasteiger partial charge in [0.15, 0.2) is 0 Å². The lowest BCUT2D eigenvalue weighted by Gasteiger charge is -1.98. The van der Waals surface area contributed by atoms with E-state index in [0.717, 1.165) is 25.5 Å². The summed E-state index contributed by atoms with van der Waals surface area (Å²) >= 11 is 0. The predicted molar refractivity (Wildman–Crippen MR) is 43.7 cm³/mol. The highest BCUT2D eigenvalue weighted by molar-refractivity contribution is 5.56. The van der Waals surface area contributed by atoms with Crippen molar-refractivity contribution in [1.82, 2.24) is 0 Å². The smallest absolute Gasteiger partial charge is 0.136 e. The van der Waals surface area contributed by atoms with E-state index in [4.69, 9.17) is 5.73 Å². The number of nitrogens with two attached hydrogens (primary N) is 2. The number of hydrogen-bond donors (Lipinski definition) is 2. The van der Waals surface area contributed by atoms with Crippen molar-refractivity contribution in [2.24, 2.45) is 11.5 Å². The second-order valence-corrected chi connectivity index (χ2v) is 1.94. The molecule has 0 aromatic heterocycles. The molecule has 0 saturated carbocycles. The Labute approximate surface area is 62.8 Å². The number of carbonyl (C=O) groups excluding carboxylic acids is 1. The lowest BCUT2D eigenvalue weighted by atomic mass is 10.1. The summed E-state index contributed by atoms with van der Waals surface area (Å²) in [4.78, 5) is 9.89. The minimum Gasteiger partial charge on any atom is -0.333 e. The van der Waals surface area contributed by atoms with Crippen LogP contribution in [-0.2, 0) is 4.79 Å². The molecule has 4 N–H and O–H groups in total. The van der Waals surface area contributed by atoms with Crippen molar-refractivity contribution in [3.05, 3.63) is 0 Å². The van der Waals surface area contributed by atoms with Gasteiger partial charge in [-0.15, -0.1) is 0 Å². The van der Waals surface area contributed by atoms with Gasteiger partial charge < -0.3 is 16.3 Å². The van der Waals surface area contributed by atoms with Gasteiger partial charge >= 0.3 is 0 Å². The maximum absolute atomic E-state index is 9.89. The van der Waals surface area contributed by atoms with E-state index in [1.54, 1.807) is 0 Å². The average Bonchev–Trinajstić information content (AvgIpc) is 2.04. The zero-order valence-electron chi connectivity index (χ0n) is 6.84. The lowest BCUT2D eigenvalue weighted by molar-refractivity contribution is -0.109. The Morgan fingerprint density at radius 2 is 2.00 bits per heavy atom. The summed E-state index contributed by atoms with van der Waals surface area (Å²) in [6, 6.07) is -0.227.